The van der Waals surface area contributed by atoms with E-state index in [1.807, 2.05) is 24.3 Å². The molecule has 0 fully saturated rings. The number of hydrogen-bond acceptors (Lipinski definition) is 3. The van der Waals surface area contributed by atoms with E-state index in [2.05, 4.69) is 0 Å². The lowest BCUT2D eigenvalue weighted by atomic mass is 10.1. The summed E-state index contributed by atoms with van der Waals surface area (Å²) in [4.78, 5) is 0. The van der Waals surface area contributed by atoms with Gasteiger partial charge in [-0.15, -0.1) is 0 Å². The first-order valence-corrected chi connectivity index (χ1v) is 5.97. The fourth-order valence-corrected chi connectivity index (χ4v) is 1.71. The summed E-state index contributed by atoms with van der Waals surface area (Å²) in [5.41, 5.74) is 6.94. The van der Waals surface area contributed by atoms with Crippen LogP contribution in [0, 0.1) is 5.82 Å². The normalized spacial score (nSPS) is 11.9. The molecule has 0 spiro atoms. The van der Waals surface area contributed by atoms with Gasteiger partial charge in [0.25, 0.3) is 0 Å². The number of hydrogen-bond donors (Lipinski definition) is 1. The summed E-state index contributed by atoms with van der Waals surface area (Å²) in [6.45, 7) is 0.274. The van der Waals surface area contributed by atoms with Gasteiger partial charge in [0.2, 0.25) is 0 Å². The van der Waals surface area contributed by atoms with Crippen LogP contribution in [-0.4, -0.2) is 13.7 Å². The van der Waals surface area contributed by atoms with E-state index in [4.69, 9.17) is 15.2 Å². The van der Waals surface area contributed by atoms with Crippen molar-refractivity contribution in [1.29, 1.82) is 0 Å². The van der Waals surface area contributed by atoms with Gasteiger partial charge in [0.05, 0.1) is 13.2 Å². The van der Waals surface area contributed by atoms with Crippen LogP contribution in [0.25, 0.3) is 0 Å². The van der Waals surface area contributed by atoms with Crippen LogP contribution in [0.15, 0.2) is 48.5 Å². The molecule has 1 unspecified atom stereocenters. The highest BCUT2D eigenvalue weighted by molar-refractivity contribution is 5.30. The summed E-state index contributed by atoms with van der Waals surface area (Å²) >= 11 is 0. The highest BCUT2D eigenvalue weighted by atomic mass is 19.1. The highest BCUT2D eigenvalue weighted by Gasteiger charge is 2.08. The fourth-order valence-electron chi connectivity index (χ4n) is 1.71. The molecule has 0 amide bonds. The monoisotopic (exact) mass is 261 g/mol. The average molecular weight is 261 g/mol. The molecule has 0 radical (unpaired) electrons. The first-order valence-electron chi connectivity index (χ1n) is 5.97. The van der Waals surface area contributed by atoms with E-state index in [0.717, 1.165) is 11.3 Å². The molecule has 0 aliphatic rings. The molecule has 1 atom stereocenters. The Balaban J connectivity index is 1.99. The highest BCUT2D eigenvalue weighted by Crippen LogP contribution is 2.19. The molecule has 2 rings (SSSR count). The molecular weight excluding hydrogens is 245 g/mol. The molecule has 0 aliphatic carbocycles. The summed E-state index contributed by atoms with van der Waals surface area (Å²) in [5.74, 6) is 0.893. The second kappa shape index (κ2) is 6.20. The van der Waals surface area contributed by atoms with E-state index in [-0.39, 0.29) is 18.5 Å². The largest absolute Gasteiger partial charge is 0.497 e. The Kier molecular flexibility index (Phi) is 4.36. The van der Waals surface area contributed by atoms with Crippen LogP contribution in [0.4, 0.5) is 4.39 Å². The fraction of sp³-hybridized carbons (Fsp3) is 0.200. The molecule has 0 bridgehead atoms. The van der Waals surface area contributed by atoms with Crippen molar-refractivity contribution in [1.82, 2.24) is 0 Å². The van der Waals surface area contributed by atoms with E-state index in [1.54, 1.807) is 19.2 Å². The van der Waals surface area contributed by atoms with E-state index in [1.165, 1.54) is 12.1 Å². The molecule has 0 saturated heterocycles. The first kappa shape index (κ1) is 13.4. The standard InChI is InChI=1S/C15H16FNO2/c1-18-13-6-2-4-11(8-13)15(17)10-19-14-7-3-5-12(16)9-14/h2-9,15H,10,17H2,1H3. The van der Waals surface area contributed by atoms with Crippen LogP contribution in [-0.2, 0) is 0 Å². The Morgan fingerprint density at radius 3 is 2.58 bits per heavy atom. The van der Waals surface area contributed by atoms with Crippen molar-refractivity contribution in [2.24, 2.45) is 5.73 Å². The van der Waals surface area contributed by atoms with E-state index < -0.39 is 0 Å². The van der Waals surface area contributed by atoms with E-state index in [0.29, 0.717) is 5.75 Å². The zero-order chi connectivity index (χ0) is 13.7. The summed E-state index contributed by atoms with van der Waals surface area (Å²) in [7, 11) is 1.61. The average Bonchev–Trinajstić information content (AvgIpc) is 2.45. The molecule has 0 aliphatic heterocycles. The van der Waals surface area contributed by atoms with Gasteiger partial charge in [-0.25, -0.2) is 4.39 Å². The molecule has 100 valence electrons. The molecule has 4 heteroatoms. The molecule has 0 saturated carbocycles. The minimum atomic E-state index is -0.326. The SMILES string of the molecule is COc1cccc(C(N)COc2cccc(F)c2)c1. The first-order chi connectivity index (χ1) is 9.19. The van der Waals surface area contributed by atoms with Gasteiger partial charge in [-0.05, 0) is 29.8 Å². The Labute approximate surface area is 111 Å². The second-order valence-corrected chi connectivity index (χ2v) is 4.15. The molecule has 0 aromatic heterocycles. The third-order valence-electron chi connectivity index (χ3n) is 2.75. The minimum Gasteiger partial charge on any atom is -0.497 e. The van der Waals surface area contributed by atoms with Crippen molar-refractivity contribution in [3.05, 3.63) is 59.9 Å². The van der Waals surface area contributed by atoms with Gasteiger partial charge in [-0.3, -0.25) is 0 Å². The van der Waals surface area contributed by atoms with Crippen molar-refractivity contribution in [3.8, 4) is 11.5 Å². The van der Waals surface area contributed by atoms with E-state index >= 15 is 0 Å². The lowest BCUT2D eigenvalue weighted by Gasteiger charge is -2.14. The predicted octanol–water partition coefficient (Wildman–Crippen LogP) is 2.91. The summed E-state index contributed by atoms with van der Waals surface area (Å²) in [5, 5.41) is 0. The summed E-state index contributed by atoms with van der Waals surface area (Å²) < 4.78 is 23.6. The topological polar surface area (TPSA) is 44.5 Å². The molecule has 2 N–H and O–H groups in total. The van der Waals surface area contributed by atoms with Crippen LogP contribution >= 0.6 is 0 Å². The molecular formula is C15H16FNO2. The maximum atomic E-state index is 13.0. The number of halogens is 1. The zero-order valence-electron chi connectivity index (χ0n) is 10.7. The van der Waals surface area contributed by atoms with Crippen LogP contribution < -0.4 is 15.2 Å². The molecule has 3 nitrogen and oxygen atoms in total. The van der Waals surface area contributed by atoms with Crippen molar-refractivity contribution in [2.75, 3.05) is 13.7 Å². The lowest BCUT2D eigenvalue weighted by Crippen LogP contribution is -2.19. The molecule has 0 heterocycles. The van der Waals surface area contributed by atoms with E-state index in [9.17, 15) is 4.39 Å². The summed E-state index contributed by atoms with van der Waals surface area (Å²) in [6, 6.07) is 13.2. The molecule has 19 heavy (non-hydrogen) atoms. The molecule has 2 aromatic carbocycles. The van der Waals surface area contributed by atoms with Gasteiger partial charge in [-0.1, -0.05) is 18.2 Å². The van der Waals surface area contributed by atoms with Crippen LogP contribution in [0.2, 0.25) is 0 Å². The van der Waals surface area contributed by atoms with Gasteiger partial charge in [0.1, 0.15) is 23.9 Å². The third kappa shape index (κ3) is 3.69. The Morgan fingerprint density at radius 2 is 1.84 bits per heavy atom. The van der Waals surface area contributed by atoms with Crippen molar-refractivity contribution in [2.45, 2.75) is 6.04 Å². The Hall–Kier alpha value is -2.07. The number of benzene rings is 2. The zero-order valence-corrected chi connectivity index (χ0v) is 10.7. The van der Waals surface area contributed by atoms with Crippen molar-refractivity contribution >= 4 is 0 Å². The van der Waals surface area contributed by atoms with Crippen molar-refractivity contribution in [3.63, 3.8) is 0 Å². The van der Waals surface area contributed by atoms with Gasteiger partial charge in [0, 0.05) is 6.07 Å². The number of rotatable bonds is 5. The minimum absolute atomic E-state index is 0.274. The Bertz CT molecular complexity index is 545. The van der Waals surface area contributed by atoms with Gasteiger partial charge < -0.3 is 15.2 Å². The number of methoxy groups -OCH3 is 1. The van der Waals surface area contributed by atoms with Crippen LogP contribution in [0.1, 0.15) is 11.6 Å². The smallest absolute Gasteiger partial charge is 0.126 e. The van der Waals surface area contributed by atoms with Crippen LogP contribution in [0.5, 0.6) is 11.5 Å². The quantitative estimate of drug-likeness (QED) is 0.900. The summed E-state index contributed by atoms with van der Waals surface area (Å²) in [6.07, 6.45) is 0. The van der Waals surface area contributed by atoms with Crippen LogP contribution in [0.3, 0.4) is 0 Å². The van der Waals surface area contributed by atoms with Crippen molar-refractivity contribution < 1.29 is 13.9 Å². The molecule has 2 aromatic rings. The van der Waals surface area contributed by atoms with Gasteiger partial charge in [0.15, 0.2) is 0 Å². The third-order valence-corrected chi connectivity index (χ3v) is 2.75. The number of ether oxygens (including phenoxy) is 2. The van der Waals surface area contributed by atoms with Gasteiger partial charge in [-0.2, -0.15) is 0 Å². The number of nitrogens with two attached hydrogens (primary N) is 1. The lowest BCUT2D eigenvalue weighted by molar-refractivity contribution is 0.289. The predicted molar refractivity (Wildman–Crippen MR) is 71.8 cm³/mol. The maximum Gasteiger partial charge on any atom is 0.126 e. The van der Waals surface area contributed by atoms with Gasteiger partial charge >= 0.3 is 0 Å². The maximum absolute atomic E-state index is 13.0. The second-order valence-electron chi connectivity index (χ2n) is 4.15. The Morgan fingerprint density at radius 1 is 1.11 bits per heavy atom.